The summed E-state index contributed by atoms with van der Waals surface area (Å²) in [4.78, 5) is 4.18. The zero-order valence-corrected chi connectivity index (χ0v) is 10.3. The van der Waals surface area contributed by atoms with Crippen molar-refractivity contribution in [2.45, 2.75) is 12.8 Å². The second-order valence-electron chi connectivity index (χ2n) is 3.88. The minimum Gasteiger partial charge on any atom is -0.370 e. The Kier molecular flexibility index (Phi) is 4.39. The summed E-state index contributed by atoms with van der Waals surface area (Å²) in [7, 11) is 0. The molecule has 0 atom stereocenters. The summed E-state index contributed by atoms with van der Waals surface area (Å²) in [5, 5.41) is 3.94. The number of hydrogen-bond acceptors (Lipinski definition) is 2. The Morgan fingerprint density at radius 1 is 1.06 bits per heavy atom. The highest BCUT2D eigenvalue weighted by molar-refractivity contribution is 6.30. The van der Waals surface area contributed by atoms with Crippen LogP contribution in [0.3, 0.4) is 0 Å². The maximum absolute atomic E-state index is 5.76. The first-order chi connectivity index (χ1) is 8.34. The van der Waals surface area contributed by atoms with Gasteiger partial charge in [-0.15, -0.1) is 0 Å². The van der Waals surface area contributed by atoms with Crippen molar-refractivity contribution in [3.8, 4) is 0 Å². The molecule has 1 aromatic heterocycles. The van der Waals surface area contributed by atoms with Crippen molar-refractivity contribution in [1.29, 1.82) is 0 Å². The van der Waals surface area contributed by atoms with Crippen LogP contribution >= 0.6 is 11.6 Å². The Balaban J connectivity index is 1.71. The van der Waals surface area contributed by atoms with Crippen LogP contribution in [0.2, 0.25) is 5.02 Å². The molecule has 0 amide bonds. The standard InChI is InChI=1S/C14H15ClN2/c15-13-8-9-14(17-11-13)16-10-4-7-12-5-2-1-3-6-12/h1-3,5-6,8-9,11H,4,7,10H2,(H,16,17). The lowest BCUT2D eigenvalue weighted by molar-refractivity contribution is 0.859. The Hall–Kier alpha value is -1.54. The van der Waals surface area contributed by atoms with Crippen molar-refractivity contribution in [3.05, 3.63) is 59.2 Å². The number of hydrogen-bond donors (Lipinski definition) is 1. The van der Waals surface area contributed by atoms with Gasteiger partial charge in [-0.3, -0.25) is 0 Å². The number of benzene rings is 1. The molecule has 0 bridgehead atoms. The van der Waals surface area contributed by atoms with Crippen molar-refractivity contribution < 1.29 is 0 Å². The molecule has 0 saturated carbocycles. The molecule has 3 heteroatoms. The topological polar surface area (TPSA) is 24.9 Å². The summed E-state index contributed by atoms with van der Waals surface area (Å²) in [6.45, 7) is 0.920. The molecular formula is C14H15ClN2. The smallest absolute Gasteiger partial charge is 0.125 e. The van der Waals surface area contributed by atoms with Gasteiger partial charge >= 0.3 is 0 Å². The van der Waals surface area contributed by atoms with Crippen LogP contribution in [-0.2, 0) is 6.42 Å². The van der Waals surface area contributed by atoms with E-state index in [0.29, 0.717) is 5.02 Å². The van der Waals surface area contributed by atoms with Gasteiger partial charge < -0.3 is 5.32 Å². The fourth-order valence-electron chi connectivity index (χ4n) is 1.63. The molecule has 1 heterocycles. The third kappa shape index (κ3) is 4.08. The van der Waals surface area contributed by atoms with Gasteiger partial charge in [-0.1, -0.05) is 41.9 Å². The van der Waals surface area contributed by atoms with Gasteiger partial charge in [-0.2, -0.15) is 0 Å². The molecule has 2 rings (SSSR count). The molecule has 0 aliphatic heterocycles. The van der Waals surface area contributed by atoms with Gasteiger partial charge in [0.25, 0.3) is 0 Å². The lowest BCUT2D eigenvalue weighted by Crippen LogP contribution is -2.04. The largest absolute Gasteiger partial charge is 0.370 e. The fourth-order valence-corrected chi connectivity index (χ4v) is 1.75. The van der Waals surface area contributed by atoms with Crippen molar-refractivity contribution in [2.75, 3.05) is 11.9 Å². The number of aryl methyl sites for hydroxylation is 1. The number of anilines is 1. The number of nitrogens with one attached hydrogen (secondary N) is 1. The van der Waals surface area contributed by atoms with Crippen molar-refractivity contribution in [1.82, 2.24) is 4.98 Å². The van der Waals surface area contributed by atoms with Crippen LogP contribution in [0.1, 0.15) is 12.0 Å². The van der Waals surface area contributed by atoms with Crippen LogP contribution in [-0.4, -0.2) is 11.5 Å². The van der Waals surface area contributed by atoms with Crippen LogP contribution < -0.4 is 5.32 Å². The quantitative estimate of drug-likeness (QED) is 0.813. The van der Waals surface area contributed by atoms with Gasteiger partial charge in [-0.25, -0.2) is 4.98 Å². The zero-order chi connectivity index (χ0) is 11.9. The molecule has 0 aliphatic carbocycles. The molecule has 0 fully saturated rings. The van der Waals surface area contributed by atoms with Crippen molar-refractivity contribution >= 4 is 17.4 Å². The summed E-state index contributed by atoms with van der Waals surface area (Å²) < 4.78 is 0. The first kappa shape index (κ1) is 11.9. The van der Waals surface area contributed by atoms with Crippen LogP contribution in [0.25, 0.3) is 0 Å². The van der Waals surface area contributed by atoms with E-state index in [2.05, 4.69) is 34.6 Å². The summed E-state index contributed by atoms with van der Waals surface area (Å²) in [6, 6.07) is 14.2. The monoisotopic (exact) mass is 246 g/mol. The molecule has 88 valence electrons. The van der Waals surface area contributed by atoms with E-state index >= 15 is 0 Å². The highest BCUT2D eigenvalue weighted by atomic mass is 35.5. The Morgan fingerprint density at radius 2 is 1.88 bits per heavy atom. The first-order valence-corrected chi connectivity index (χ1v) is 6.12. The van der Waals surface area contributed by atoms with Gasteiger partial charge in [0.1, 0.15) is 5.82 Å². The number of halogens is 1. The van der Waals surface area contributed by atoms with E-state index in [4.69, 9.17) is 11.6 Å². The molecule has 1 N–H and O–H groups in total. The predicted octanol–water partition coefficient (Wildman–Crippen LogP) is 3.78. The van der Waals surface area contributed by atoms with Gasteiger partial charge in [0.15, 0.2) is 0 Å². The van der Waals surface area contributed by atoms with Crippen LogP contribution in [0.4, 0.5) is 5.82 Å². The average Bonchev–Trinajstić information content (AvgIpc) is 2.38. The summed E-state index contributed by atoms with van der Waals surface area (Å²) in [6.07, 6.45) is 3.83. The normalized spacial score (nSPS) is 10.2. The molecule has 2 nitrogen and oxygen atoms in total. The molecular weight excluding hydrogens is 232 g/mol. The van der Waals surface area contributed by atoms with Gasteiger partial charge in [-0.05, 0) is 30.5 Å². The first-order valence-electron chi connectivity index (χ1n) is 5.74. The third-order valence-electron chi connectivity index (χ3n) is 2.52. The Labute approximate surface area is 107 Å². The van der Waals surface area contributed by atoms with E-state index in [1.165, 1.54) is 5.56 Å². The lowest BCUT2D eigenvalue weighted by Gasteiger charge is -2.05. The fraction of sp³-hybridized carbons (Fsp3) is 0.214. The molecule has 17 heavy (non-hydrogen) atoms. The highest BCUT2D eigenvalue weighted by Gasteiger charge is 1.94. The maximum atomic E-state index is 5.76. The molecule has 2 aromatic rings. The second-order valence-corrected chi connectivity index (χ2v) is 4.31. The molecule has 1 aromatic carbocycles. The number of aromatic nitrogens is 1. The van der Waals surface area contributed by atoms with Crippen LogP contribution in [0.15, 0.2) is 48.7 Å². The van der Waals surface area contributed by atoms with Gasteiger partial charge in [0.05, 0.1) is 5.02 Å². The molecule has 0 aliphatic rings. The SMILES string of the molecule is Clc1ccc(NCCCc2ccccc2)nc1. The zero-order valence-electron chi connectivity index (χ0n) is 9.57. The van der Waals surface area contributed by atoms with E-state index in [-0.39, 0.29) is 0 Å². The highest BCUT2D eigenvalue weighted by Crippen LogP contribution is 2.09. The number of rotatable bonds is 5. The minimum atomic E-state index is 0.667. The third-order valence-corrected chi connectivity index (χ3v) is 2.74. The maximum Gasteiger partial charge on any atom is 0.125 e. The number of pyridine rings is 1. The van der Waals surface area contributed by atoms with E-state index in [0.717, 1.165) is 25.2 Å². The predicted molar refractivity (Wildman–Crippen MR) is 72.5 cm³/mol. The summed E-state index contributed by atoms with van der Waals surface area (Å²) in [5.41, 5.74) is 1.37. The Bertz CT molecular complexity index is 440. The van der Waals surface area contributed by atoms with Crippen LogP contribution in [0, 0.1) is 0 Å². The lowest BCUT2D eigenvalue weighted by atomic mass is 10.1. The summed E-state index contributed by atoms with van der Waals surface area (Å²) >= 11 is 5.76. The van der Waals surface area contributed by atoms with E-state index < -0.39 is 0 Å². The van der Waals surface area contributed by atoms with Crippen molar-refractivity contribution in [2.24, 2.45) is 0 Å². The molecule has 0 unspecified atom stereocenters. The molecule has 0 radical (unpaired) electrons. The van der Waals surface area contributed by atoms with Gasteiger partial charge in [0, 0.05) is 12.7 Å². The minimum absolute atomic E-state index is 0.667. The van der Waals surface area contributed by atoms with E-state index in [1.807, 2.05) is 18.2 Å². The molecule has 0 saturated heterocycles. The summed E-state index contributed by atoms with van der Waals surface area (Å²) in [5.74, 6) is 0.877. The van der Waals surface area contributed by atoms with E-state index in [9.17, 15) is 0 Å². The van der Waals surface area contributed by atoms with Crippen molar-refractivity contribution in [3.63, 3.8) is 0 Å². The van der Waals surface area contributed by atoms with Crippen LogP contribution in [0.5, 0.6) is 0 Å². The Morgan fingerprint density at radius 3 is 2.59 bits per heavy atom. The second kappa shape index (κ2) is 6.26. The average molecular weight is 247 g/mol. The molecule has 0 spiro atoms. The number of nitrogens with zero attached hydrogens (tertiary/aromatic N) is 1. The van der Waals surface area contributed by atoms with E-state index in [1.54, 1.807) is 6.20 Å². The van der Waals surface area contributed by atoms with Gasteiger partial charge in [0.2, 0.25) is 0 Å².